The van der Waals surface area contributed by atoms with E-state index in [1.807, 2.05) is 24.3 Å². The molecule has 0 N–H and O–H groups in total. The van der Waals surface area contributed by atoms with Gasteiger partial charge < -0.3 is 24.1 Å². The van der Waals surface area contributed by atoms with Gasteiger partial charge in [0.2, 0.25) is 0 Å². The van der Waals surface area contributed by atoms with Gasteiger partial charge in [0, 0.05) is 18.3 Å². The van der Waals surface area contributed by atoms with E-state index in [4.69, 9.17) is 14.2 Å². The molecule has 2 aromatic rings. The molecule has 1 aliphatic carbocycles. The monoisotopic (exact) mass is 445 g/mol. The van der Waals surface area contributed by atoms with E-state index >= 15 is 0 Å². The molecule has 0 saturated carbocycles. The van der Waals surface area contributed by atoms with Gasteiger partial charge in [-0.2, -0.15) is 0 Å². The first-order valence-electron chi connectivity index (χ1n) is 11.5. The Morgan fingerprint density at radius 2 is 1.97 bits per heavy atom. The number of carboxylic acids is 1. The minimum atomic E-state index is -1.10. The Hall–Kier alpha value is -3.07. The second-order valence-corrected chi connectivity index (χ2v) is 8.45. The van der Waals surface area contributed by atoms with Gasteiger partial charge in [0.1, 0.15) is 12.4 Å². The Balaban J connectivity index is 1.35. The average molecular weight is 446 g/mol. The lowest BCUT2D eigenvalue weighted by Gasteiger charge is -2.26. The Bertz CT molecular complexity index is 1040. The van der Waals surface area contributed by atoms with Crippen molar-refractivity contribution in [3.63, 3.8) is 0 Å². The number of rotatable bonds is 8. The van der Waals surface area contributed by atoms with E-state index in [-0.39, 0.29) is 18.6 Å². The highest BCUT2D eigenvalue weighted by Crippen LogP contribution is 2.34. The number of benzene rings is 2. The van der Waals surface area contributed by atoms with Crippen molar-refractivity contribution in [3.8, 4) is 17.6 Å². The first-order valence-corrected chi connectivity index (χ1v) is 11.5. The number of carboxylic acid groups (broad SMARTS) is 1. The van der Waals surface area contributed by atoms with Gasteiger partial charge in [-0.25, -0.2) is 0 Å². The van der Waals surface area contributed by atoms with Crippen molar-refractivity contribution < 1.29 is 24.1 Å². The zero-order valence-corrected chi connectivity index (χ0v) is 18.9. The van der Waals surface area contributed by atoms with E-state index in [1.54, 1.807) is 6.92 Å². The number of aliphatic carboxylic acids is 1. The van der Waals surface area contributed by atoms with Gasteiger partial charge in [0.05, 0.1) is 19.1 Å². The largest absolute Gasteiger partial charge is 0.550 e. The SMILES string of the molecule is CC#C[C@@H](CC(=O)[O-])c1ccc(OCc2cccc(C3=CCC(C4OCCO4)CC3)c2)cc1. The Morgan fingerprint density at radius 1 is 1.18 bits per heavy atom. The quantitative estimate of drug-likeness (QED) is 0.573. The van der Waals surface area contributed by atoms with Gasteiger partial charge in [0.15, 0.2) is 6.29 Å². The summed E-state index contributed by atoms with van der Waals surface area (Å²) in [5.74, 6) is 5.42. The standard InChI is InChI=1S/C28H30O5/c1-2-4-24(18-27(29)30)22-11-13-26(14-12-22)33-19-20-5-3-6-25(17-20)21-7-9-23(10-8-21)28-31-15-16-32-28/h3,5-7,11-14,17,23-24,28H,8-10,15-16,18-19H2,1H3,(H,29,30)/p-1/t23?,24-/m0/s1. The molecule has 0 amide bonds. The molecule has 0 aromatic heterocycles. The molecular formula is C28H29O5-. The molecule has 4 rings (SSSR count). The maximum atomic E-state index is 11.0. The predicted molar refractivity (Wildman–Crippen MR) is 124 cm³/mol. The van der Waals surface area contributed by atoms with Gasteiger partial charge in [-0.1, -0.05) is 42.3 Å². The Kier molecular flexibility index (Phi) is 7.83. The molecule has 5 heteroatoms. The summed E-state index contributed by atoms with van der Waals surface area (Å²) >= 11 is 0. The summed E-state index contributed by atoms with van der Waals surface area (Å²) < 4.78 is 17.3. The van der Waals surface area contributed by atoms with Crippen molar-refractivity contribution in [1.29, 1.82) is 0 Å². The van der Waals surface area contributed by atoms with Crippen LogP contribution in [0.25, 0.3) is 5.57 Å². The second-order valence-electron chi connectivity index (χ2n) is 8.45. The van der Waals surface area contributed by atoms with Gasteiger partial charge in [-0.3, -0.25) is 0 Å². The first kappa shape index (κ1) is 23.1. The van der Waals surface area contributed by atoms with Crippen LogP contribution in [0.1, 0.15) is 55.2 Å². The molecule has 1 aliphatic heterocycles. The fourth-order valence-corrected chi connectivity index (χ4v) is 4.43. The third-order valence-electron chi connectivity index (χ3n) is 6.16. The molecule has 2 atom stereocenters. The van der Waals surface area contributed by atoms with E-state index in [0.717, 1.165) is 36.1 Å². The van der Waals surface area contributed by atoms with Gasteiger partial charge in [-0.05, 0) is 66.6 Å². The lowest BCUT2D eigenvalue weighted by molar-refractivity contribution is -0.305. The maximum absolute atomic E-state index is 11.0. The van der Waals surface area contributed by atoms with Gasteiger partial charge in [-0.15, -0.1) is 5.92 Å². The van der Waals surface area contributed by atoms with Crippen LogP contribution in [0.4, 0.5) is 0 Å². The van der Waals surface area contributed by atoms with Crippen LogP contribution in [0.15, 0.2) is 54.6 Å². The molecule has 1 unspecified atom stereocenters. The number of hydrogen-bond donors (Lipinski definition) is 0. The van der Waals surface area contributed by atoms with E-state index in [1.165, 1.54) is 11.1 Å². The van der Waals surface area contributed by atoms with Crippen molar-refractivity contribution in [2.75, 3.05) is 13.2 Å². The Labute approximate surface area is 195 Å². The number of carbonyl (C=O) groups excluding carboxylic acids is 1. The molecule has 0 spiro atoms. The summed E-state index contributed by atoms with van der Waals surface area (Å²) in [7, 11) is 0. The molecule has 1 heterocycles. The van der Waals surface area contributed by atoms with Crippen molar-refractivity contribution in [3.05, 3.63) is 71.3 Å². The molecule has 0 bridgehead atoms. The molecule has 172 valence electrons. The minimum absolute atomic E-state index is 0.0426. The number of hydrogen-bond acceptors (Lipinski definition) is 5. The molecule has 5 nitrogen and oxygen atoms in total. The third-order valence-corrected chi connectivity index (χ3v) is 6.16. The first-order chi connectivity index (χ1) is 16.1. The lowest BCUT2D eigenvalue weighted by atomic mass is 9.86. The summed E-state index contributed by atoms with van der Waals surface area (Å²) in [6.07, 6.45) is 5.23. The van der Waals surface area contributed by atoms with Crippen molar-refractivity contribution >= 4 is 11.5 Å². The third kappa shape index (κ3) is 6.25. The van der Waals surface area contributed by atoms with Crippen LogP contribution in [-0.2, 0) is 20.9 Å². The Morgan fingerprint density at radius 3 is 2.64 bits per heavy atom. The van der Waals surface area contributed by atoms with Gasteiger partial charge >= 0.3 is 0 Å². The smallest absolute Gasteiger partial charge is 0.160 e. The summed E-state index contributed by atoms with van der Waals surface area (Å²) in [4.78, 5) is 11.0. The highest BCUT2D eigenvalue weighted by atomic mass is 16.7. The number of allylic oxidation sites excluding steroid dienone is 2. The van der Waals surface area contributed by atoms with Crippen LogP contribution < -0.4 is 9.84 Å². The predicted octanol–water partition coefficient (Wildman–Crippen LogP) is 4.07. The molecule has 33 heavy (non-hydrogen) atoms. The fraction of sp³-hybridized carbons (Fsp3) is 0.393. The molecule has 0 radical (unpaired) electrons. The number of carbonyl (C=O) groups is 1. The van der Waals surface area contributed by atoms with Crippen LogP contribution in [0.3, 0.4) is 0 Å². The fourth-order valence-electron chi connectivity index (χ4n) is 4.43. The average Bonchev–Trinajstić information content (AvgIpc) is 3.38. The van der Waals surface area contributed by atoms with Crippen LogP contribution in [-0.4, -0.2) is 25.5 Å². The van der Waals surface area contributed by atoms with Crippen LogP contribution in [0.5, 0.6) is 5.75 Å². The van der Waals surface area contributed by atoms with Crippen molar-refractivity contribution in [1.82, 2.24) is 0 Å². The summed E-state index contributed by atoms with van der Waals surface area (Å²) in [5.41, 5.74) is 4.56. The van der Waals surface area contributed by atoms with Crippen LogP contribution in [0.2, 0.25) is 0 Å². The molecule has 1 saturated heterocycles. The highest BCUT2D eigenvalue weighted by Gasteiger charge is 2.28. The molecular weight excluding hydrogens is 416 g/mol. The highest BCUT2D eigenvalue weighted by molar-refractivity contribution is 5.67. The summed E-state index contributed by atoms with van der Waals surface area (Å²) in [6, 6.07) is 15.9. The summed E-state index contributed by atoms with van der Waals surface area (Å²) in [6.45, 7) is 3.57. The second kappa shape index (κ2) is 11.2. The zero-order valence-electron chi connectivity index (χ0n) is 18.9. The van der Waals surface area contributed by atoms with E-state index < -0.39 is 5.97 Å². The zero-order chi connectivity index (χ0) is 23.0. The van der Waals surface area contributed by atoms with Crippen molar-refractivity contribution in [2.45, 2.75) is 51.4 Å². The topological polar surface area (TPSA) is 67.8 Å². The minimum Gasteiger partial charge on any atom is -0.550 e. The molecule has 2 aliphatic rings. The van der Waals surface area contributed by atoms with E-state index in [0.29, 0.717) is 25.7 Å². The maximum Gasteiger partial charge on any atom is 0.160 e. The van der Waals surface area contributed by atoms with Crippen LogP contribution in [0, 0.1) is 17.8 Å². The van der Waals surface area contributed by atoms with Crippen molar-refractivity contribution in [2.24, 2.45) is 5.92 Å². The van der Waals surface area contributed by atoms with Gasteiger partial charge in [0.25, 0.3) is 0 Å². The number of ether oxygens (including phenoxy) is 3. The molecule has 2 aromatic carbocycles. The normalized spacial score (nSPS) is 19.3. The van der Waals surface area contributed by atoms with E-state index in [9.17, 15) is 9.90 Å². The molecule has 1 fully saturated rings. The van der Waals surface area contributed by atoms with E-state index in [2.05, 4.69) is 42.2 Å². The summed E-state index contributed by atoms with van der Waals surface area (Å²) in [5, 5.41) is 11.0. The van der Waals surface area contributed by atoms with Crippen LogP contribution >= 0.6 is 0 Å². The lowest BCUT2D eigenvalue weighted by Crippen LogP contribution is -2.24.